The molecule has 15 nitrogen and oxygen atoms in total. The highest BCUT2D eigenvalue weighted by Crippen LogP contribution is 2.40. The molecule has 0 saturated carbocycles. The van der Waals surface area contributed by atoms with Crippen molar-refractivity contribution < 1.29 is 36.4 Å². The number of aliphatic imine (C=N–C) groups is 1. The number of nitrogen functional groups attached to an aromatic ring is 1. The normalized spacial score (nSPS) is 20.5. The Labute approximate surface area is 234 Å². The van der Waals surface area contributed by atoms with Crippen molar-refractivity contribution in [1.82, 2.24) is 15.4 Å². The van der Waals surface area contributed by atoms with Crippen LogP contribution < -0.4 is 21.5 Å². The van der Waals surface area contributed by atoms with Crippen LogP contribution in [0, 0.1) is 5.92 Å². The van der Waals surface area contributed by atoms with E-state index in [0.29, 0.717) is 23.9 Å². The molecule has 1 unspecified atom stereocenters. The van der Waals surface area contributed by atoms with Crippen molar-refractivity contribution in [2.45, 2.75) is 31.8 Å². The Morgan fingerprint density at radius 3 is 2.60 bits per heavy atom. The number of aromatic nitrogens is 1. The SMILES string of the molecule is CC1(C)[C@H](CC(=O)/C(=N\OCCOc2ccc(C3=NCC(CN)N3)cc2)c2csc(N)n2)C(=O)N1OS(=O)(=O)O. The number of Topliss-reactive ketones (excluding diaryl/α,β-unsaturated/α-hetero) is 1. The van der Waals surface area contributed by atoms with Crippen LogP contribution in [0.1, 0.15) is 31.5 Å². The van der Waals surface area contributed by atoms with E-state index in [0.717, 1.165) is 22.7 Å². The zero-order chi connectivity index (χ0) is 29.1. The van der Waals surface area contributed by atoms with Crippen molar-refractivity contribution in [2.75, 3.05) is 32.0 Å². The standard InChI is InChI=1S/C23H29N7O8S2/c1-23(2)16(21(32)30(23)38-40(33,34)35)9-18(31)19(17-12-39-22(25)28-17)29-37-8-7-36-15-5-3-13(4-6-15)20-26-11-14(10-24)27-20/h3-6,12,14,16H,7-11,24H2,1-2H3,(H2,25,28)(H,26,27)(H,33,34,35)/b29-19-/t14?,16-/m1/s1. The van der Waals surface area contributed by atoms with Gasteiger partial charge in [0.05, 0.1) is 24.0 Å². The van der Waals surface area contributed by atoms with Crippen LogP contribution in [0.5, 0.6) is 5.75 Å². The Kier molecular flexibility index (Phi) is 8.69. The summed E-state index contributed by atoms with van der Waals surface area (Å²) in [5, 5.41) is 9.42. The molecule has 0 radical (unpaired) electrons. The molecule has 2 aliphatic heterocycles. The second-order valence-electron chi connectivity index (χ2n) is 9.45. The maximum absolute atomic E-state index is 13.1. The van der Waals surface area contributed by atoms with Gasteiger partial charge in [0.15, 0.2) is 23.2 Å². The van der Waals surface area contributed by atoms with E-state index < -0.39 is 33.5 Å². The van der Waals surface area contributed by atoms with Crippen LogP contribution in [0.15, 0.2) is 39.8 Å². The Balaban J connectivity index is 1.33. The molecule has 1 aromatic carbocycles. The molecule has 216 valence electrons. The van der Waals surface area contributed by atoms with E-state index in [1.54, 1.807) is 12.1 Å². The number of oxime groups is 1. The first-order chi connectivity index (χ1) is 18.9. The molecule has 2 aliphatic rings. The Bertz CT molecular complexity index is 1420. The van der Waals surface area contributed by atoms with Crippen molar-refractivity contribution in [3.8, 4) is 5.75 Å². The smallest absolute Gasteiger partial charge is 0.418 e. The minimum absolute atomic E-state index is 0.00553. The van der Waals surface area contributed by atoms with Gasteiger partial charge in [-0.25, -0.2) is 4.98 Å². The molecule has 3 heterocycles. The molecule has 0 spiro atoms. The number of nitrogens with one attached hydrogen (secondary N) is 1. The molecule has 1 aromatic heterocycles. The summed E-state index contributed by atoms with van der Waals surface area (Å²) in [5.74, 6) is -0.939. The highest BCUT2D eigenvalue weighted by atomic mass is 32.3. The maximum Gasteiger partial charge on any atom is 0.418 e. The lowest BCUT2D eigenvalue weighted by Crippen LogP contribution is -2.68. The van der Waals surface area contributed by atoms with Gasteiger partial charge in [-0.2, -0.15) is 13.5 Å². The number of benzene rings is 1. The lowest BCUT2D eigenvalue weighted by atomic mass is 9.74. The third kappa shape index (κ3) is 6.73. The van der Waals surface area contributed by atoms with E-state index >= 15 is 0 Å². The molecule has 4 rings (SSSR count). The van der Waals surface area contributed by atoms with Crippen molar-refractivity contribution in [2.24, 2.45) is 21.8 Å². The maximum atomic E-state index is 13.1. The van der Waals surface area contributed by atoms with E-state index in [4.69, 9.17) is 25.6 Å². The number of carbonyl (C=O) groups excluding carboxylic acids is 2. The molecule has 0 bridgehead atoms. The van der Waals surface area contributed by atoms with Crippen molar-refractivity contribution in [3.63, 3.8) is 0 Å². The molecular formula is C23H29N7O8S2. The first kappa shape index (κ1) is 29.3. The number of hydroxylamine groups is 2. The van der Waals surface area contributed by atoms with Crippen molar-refractivity contribution >= 4 is 50.1 Å². The zero-order valence-electron chi connectivity index (χ0n) is 21.6. The van der Waals surface area contributed by atoms with Crippen LogP contribution in [-0.4, -0.2) is 84.1 Å². The number of anilines is 1. The summed E-state index contributed by atoms with van der Waals surface area (Å²) in [6, 6.07) is 7.45. The minimum Gasteiger partial charge on any atom is -0.490 e. The second-order valence-corrected chi connectivity index (χ2v) is 11.3. The summed E-state index contributed by atoms with van der Waals surface area (Å²) in [6.45, 7) is 4.23. The summed E-state index contributed by atoms with van der Waals surface area (Å²) in [6.07, 6.45) is -0.341. The molecule has 17 heteroatoms. The molecular weight excluding hydrogens is 566 g/mol. The van der Waals surface area contributed by atoms with Gasteiger partial charge in [0.1, 0.15) is 23.9 Å². The fourth-order valence-corrected chi connectivity index (χ4v) is 5.10. The Hall–Kier alpha value is -3.64. The van der Waals surface area contributed by atoms with Gasteiger partial charge in [0.2, 0.25) is 0 Å². The Morgan fingerprint density at radius 1 is 1.30 bits per heavy atom. The van der Waals surface area contributed by atoms with E-state index in [1.807, 2.05) is 12.1 Å². The van der Waals surface area contributed by atoms with Crippen molar-refractivity contribution in [1.29, 1.82) is 0 Å². The lowest BCUT2D eigenvalue weighted by molar-refractivity contribution is -0.228. The molecule has 1 fully saturated rings. The summed E-state index contributed by atoms with van der Waals surface area (Å²) in [7, 11) is -4.91. The number of thiazole rings is 1. The number of amides is 1. The number of amidine groups is 1. The fraction of sp³-hybridized carbons (Fsp3) is 0.435. The second kappa shape index (κ2) is 11.8. The number of nitrogens with zero attached hydrogens (tertiary/aromatic N) is 4. The predicted octanol–water partition coefficient (Wildman–Crippen LogP) is 0.133. The number of β-lactam (4-membered cyclic amide) rings is 1. The van der Waals surface area contributed by atoms with Gasteiger partial charge in [-0.15, -0.1) is 15.6 Å². The number of hydrogen-bond acceptors (Lipinski definition) is 14. The summed E-state index contributed by atoms with van der Waals surface area (Å²) >= 11 is 1.09. The van der Waals surface area contributed by atoms with Crippen molar-refractivity contribution in [3.05, 3.63) is 40.9 Å². The fourth-order valence-electron chi connectivity index (χ4n) is 4.10. The average molecular weight is 596 g/mol. The van der Waals surface area contributed by atoms with Crippen LogP contribution in [0.25, 0.3) is 0 Å². The van der Waals surface area contributed by atoms with Crippen LogP contribution in [0.3, 0.4) is 0 Å². The Morgan fingerprint density at radius 2 is 2.02 bits per heavy atom. The molecule has 2 aromatic rings. The average Bonchev–Trinajstić information content (AvgIpc) is 3.56. The number of hydrogen-bond donors (Lipinski definition) is 4. The summed E-state index contributed by atoms with van der Waals surface area (Å²) in [5.41, 5.74) is 11.1. The number of ketones is 1. The van der Waals surface area contributed by atoms with E-state index in [1.165, 1.54) is 19.2 Å². The predicted molar refractivity (Wildman–Crippen MR) is 145 cm³/mol. The lowest BCUT2D eigenvalue weighted by Gasteiger charge is -2.50. The van der Waals surface area contributed by atoms with Gasteiger partial charge in [-0.3, -0.25) is 19.1 Å². The molecule has 2 atom stereocenters. The number of nitrogens with two attached hydrogens (primary N) is 2. The molecule has 1 saturated heterocycles. The highest BCUT2D eigenvalue weighted by Gasteiger charge is 2.57. The van der Waals surface area contributed by atoms with Gasteiger partial charge in [0, 0.05) is 23.9 Å². The van der Waals surface area contributed by atoms with Gasteiger partial charge >= 0.3 is 10.4 Å². The first-order valence-electron chi connectivity index (χ1n) is 12.1. The van der Waals surface area contributed by atoms with Gasteiger partial charge in [-0.05, 0) is 38.1 Å². The van der Waals surface area contributed by atoms with Crippen LogP contribution in [0.2, 0.25) is 0 Å². The van der Waals surface area contributed by atoms with Crippen LogP contribution in [0.4, 0.5) is 5.13 Å². The van der Waals surface area contributed by atoms with Gasteiger partial charge in [-0.1, -0.05) is 5.16 Å². The molecule has 40 heavy (non-hydrogen) atoms. The third-order valence-electron chi connectivity index (χ3n) is 6.28. The largest absolute Gasteiger partial charge is 0.490 e. The number of carbonyl (C=O) groups is 2. The van der Waals surface area contributed by atoms with Gasteiger partial charge < -0.3 is 26.4 Å². The zero-order valence-corrected chi connectivity index (χ0v) is 23.3. The first-order valence-corrected chi connectivity index (χ1v) is 14.3. The molecule has 1 amide bonds. The topological polar surface area (TPSA) is 221 Å². The quantitative estimate of drug-likeness (QED) is 0.0798. The van der Waals surface area contributed by atoms with E-state index in [9.17, 15) is 18.0 Å². The molecule has 0 aliphatic carbocycles. The van der Waals surface area contributed by atoms with E-state index in [-0.39, 0.29) is 42.2 Å². The monoisotopic (exact) mass is 595 g/mol. The number of rotatable bonds is 13. The van der Waals surface area contributed by atoms with Crippen LogP contribution in [-0.2, 0) is 29.1 Å². The summed E-state index contributed by atoms with van der Waals surface area (Å²) in [4.78, 5) is 39.4. The summed E-state index contributed by atoms with van der Waals surface area (Å²) < 4.78 is 41.0. The van der Waals surface area contributed by atoms with Gasteiger partial charge in [0.25, 0.3) is 5.91 Å². The molecule has 6 N–H and O–H groups in total. The van der Waals surface area contributed by atoms with Crippen LogP contribution >= 0.6 is 11.3 Å². The third-order valence-corrected chi connectivity index (χ3v) is 7.29. The number of ether oxygens (including phenoxy) is 1. The highest BCUT2D eigenvalue weighted by molar-refractivity contribution is 7.80. The van der Waals surface area contributed by atoms with E-state index in [2.05, 4.69) is 24.7 Å². The minimum atomic E-state index is -4.91.